The van der Waals surface area contributed by atoms with Crippen LogP contribution in [0.1, 0.15) is 40.0 Å². The van der Waals surface area contributed by atoms with Crippen LogP contribution in [-0.2, 0) is 9.53 Å². The summed E-state index contributed by atoms with van der Waals surface area (Å²) in [6.07, 6.45) is 1.59. The molecule has 7 nitrogen and oxygen atoms in total. The standard InChI is InChI=1S/C18H22N4O3S2/c1-10-6-9-26-14(10)13(21-7-4-12(5-8-21)17(24)25-3)15-16(23)22-18(27-15)19-11(2)20-22/h6,9,12-13,23H,4-5,7-8H2,1-3H3/p+1/t13-/m0/s1. The molecule has 0 amide bonds. The van der Waals surface area contributed by atoms with Crippen molar-refractivity contribution in [2.75, 3.05) is 20.2 Å². The summed E-state index contributed by atoms with van der Waals surface area (Å²) in [5.74, 6) is 0.687. The molecule has 0 bridgehead atoms. The van der Waals surface area contributed by atoms with Gasteiger partial charge in [0.1, 0.15) is 10.7 Å². The fourth-order valence-corrected chi connectivity index (χ4v) is 6.22. The normalized spacial score (nSPS) is 21.4. The molecule has 9 heteroatoms. The van der Waals surface area contributed by atoms with Crippen molar-refractivity contribution < 1.29 is 19.5 Å². The second-order valence-electron chi connectivity index (χ2n) is 7.00. The first-order chi connectivity index (χ1) is 13.0. The number of carbonyl (C=O) groups is 1. The number of hydrogen-bond donors (Lipinski definition) is 2. The first-order valence-corrected chi connectivity index (χ1v) is 10.7. The molecule has 3 aromatic heterocycles. The SMILES string of the molecule is COC(=O)C1CC[NH+]([C@@H](c2sccc2C)c2sc3nc(C)nn3c2O)CC1. The number of quaternary nitrogens is 1. The number of ether oxygens (including phenoxy) is 1. The topological polar surface area (TPSA) is 81.2 Å². The average molecular weight is 408 g/mol. The molecule has 144 valence electrons. The van der Waals surface area contributed by atoms with Crippen molar-refractivity contribution in [2.45, 2.75) is 32.7 Å². The molecule has 2 N–H and O–H groups in total. The fourth-order valence-electron chi connectivity index (χ4n) is 3.89. The summed E-state index contributed by atoms with van der Waals surface area (Å²) in [6.45, 7) is 5.64. The van der Waals surface area contributed by atoms with Crippen LogP contribution in [-0.4, -0.2) is 45.9 Å². The third-order valence-electron chi connectivity index (χ3n) is 5.30. The number of esters is 1. The highest BCUT2D eigenvalue weighted by molar-refractivity contribution is 7.17. The van der Waals surface area contributed by atoms with Gasteiger partial charge in [0.2, 0.25) is 10.8 Å². The van der Waals surface area contributed by atoms with Crippen LogP contribution in [0.15, 0.2) is 11.4 Å². The number of methoxy groups -OCH3 is 1. The Morgan fingerprint density at radius 2 is 2.11 bits per heavy atom. The van der Waals surface area contributed by atoms with Crippen LogP contribution in [0.3, 0.4) is 0 Å². The molecular weight excluding hydrogens is 384 g/mol. The molecule has 1 fully saturated rings. The van der Waals surface area contributed by atoms with E-state index in [1.165, 1.54) is 38.3 Å². The molecule has 0 saturated carbocycles. The van der Waals surface area contributed by atoms with Crippen LogP contribution in [0, 0.1) is 19.8 Å². The zero-order valence-electron chi connectivity index (χ0n) is 15.6. The molecule has 1 atom stereocenters. The lowest BCUT2D eigenvalue weighted by Gasteiger charge is -2.33. The van der Waals surface area contributed by atoms with Crippen molar-refractivity contribution >= 4 is 33.6 Å². The molecule has 1 aliphatic rings. The first kappa shape index (κ1) is 18.4. The predicted octanol–water partition coefficient (Wildman–Crippen LogP) is 1.73. The molecule has 1 aliphatic heterocycles. The number of aryl methyl sites for hydroxylation is 2. The maximum Gasteiger partial charge on any atom is 0.309 e. The van der Waals surface area contributed by atoms with E-state index < -0.39 is 0 Å². The van der Waals surface area contributed by atoms with Gasteiger partial charge in [0.15, 0.2) is 6.04 Å². The number of carbonyl (C=O) groups excluding carboxylic acids is 1. The minimum absolute atomic E-state index is 0.0254. The highest BCUT2D eigenvalue weighted by Crippen LogP contribution is 2.38. The summed E-state index contributed by atoms with van der Waals surface area (Å²) in [6, 6.07) is 2.14. The molecule has 0 spiro atoms. The molecule has 4 heterocycles. The molecule has 3 aromatic rings. The first-order valence-electron chi connectivity index (χ1n) is 9.01. The Morgan fingerprint density at radius 1 is 1.37 bits per heavy atom. The molecule has 0 aromatic carbocycles. The van der Waals surface area contributed by atoms with Crippen LogP contribution in [0.4, 0.5) is 0 Å². The molecule has 1 saturated heterocycles. The Labute approximate surface area is 165 Å². The Morgan fingerprint density at radius 3 is 2.70 bits per heavy atom. The van der Waals surface area contributed by atoms with Gasteiger partial charge in [-0.2, -0.15) is 4.52 Å². The van der Waals surface area contributed by atoms with Gasteiger partial charge in [-0.05, 0) is 30.9 Å². The van der Waals surface area contributed by atoms with Crippen LogP contribution in [0.2, 0.25) is 0 Å². The Kier molecular flexibility index (Phi) is 4.92. The maximum absolute atomic E-state index is 11.9. The van der Waals surface area contributed by atoms with Crippen LogP contribution in [0.25, 0.3) is 4.96 Å². The maximum atomic E-state index is 11.9. The van der Waals surface area contributed by atoms with Gasteiger partial charge in [0.25, 0.3) is 0 Å². The van der Waals surface area contributed by atoms with Gasteiger partial charge >= 0.3 is 5.97 Å². The van der Waals surface area contributed by atoms with Gasteiger partial charge in [0, 0.05) is 12.8 Å². The average Bonchev–Trinajstić information content (AvgIpc) is 3.33. The van der Waals surface area contributed by atoms with Gasteiger partial charge < -0.3 is 14.7 Å². The van der Waals surface area contributed by atoms with E-state index >= 15 is 0 Å². The number of aromatic hydroxyl groups is 1. The minimum atomic E-state index is -0.116. The third kappa shape index (κ3) is 3.24. The molecule has 0 unspecified atom stereocenters. The van der Waals surface area contributed by atoms with E-state index in [1.54, 1.807) is 11.3 Å². The van der Waals surface area contributed by atoms with Gasteiger partial charge in [0.05, 0.1) is 31.0 Å². The smallest absolute Gasteiger partial charge is 0.309 e. The van der Waals surface area contributed by atoms with Gasteiger partial charge in [-0.25, -0.2) is 4.98 Å². The number of rotatable bonds is 4. The number of thiophene rings is 1. The molecule has 0 radical (unpaired) electrons. The monoisotopic (exact) mass is 407 g/mol. The summed E-state index contributed by atoms with van der Waals surface area (Å²) in [5.41, 5.74) is 1.22. The number of fused-ring (bicyclic) bond motifs is 1. The number of likely N-dealkylation sites (tertiary alicyclic amines) is 1. The van der Waals surface area contributed by atoms with Gasteiger partial charge in [-0.3, -0.25) is 4.79 Å². The van der Waals surface area contributed by atoms with Crippen LogP contribution >= 0.6 is 22.7 Å². The second kappa shape index (κ2) is 7.21. The highest BCUT2D eigenvalue weighted by Gasteiger charge is 2.38. The summed E-state index contributed by atoms with van der Waals surface area (Å²) in [7, 11) is 1.45. The Hall–Kier alpha value is -1.97. The largest absolute Gasteiger partial charge is 0.492 e. The highest BCUT2D eigenvalue weighted by atomic mass is 32.1. The summed E-state index contributed by atoms with van der Waals surface area (Å²) >= 11 is 3.21. The van der Waals surface area contributed by atoms with Crippen molar-refractivity contribution in [3.8, 4) is 5.88 Å². The van der Waals surface area contributed by atoms with Crippen molar-refractivity contribution in [1.29, 1.82) is 0 Å². The fraction of sp³-hybridized carbons (Fsp3) is 0.500. The summed E-state index contributed by atoms with van der Waals surface area (Å²) in [4.78, 5) is 20.5. The number of nitrogens with zero attached hydrogens (tertiary/aromatic N) is 3. The van der Waals surface area contributed by atoms with Crippen LogP contribution < -0.4 is 4.90 Å². The Balaban J connectivity index is 1.70. The second-order valence-corrected chi connectivity index (χ2v) is 8.96. The quantitative estimate of drug-likeness (QED) is 0.644. The Bertz CT molecular complexity index is 969. The third-order valence-corrected chi connectivity index (χ3v) is 7.47. The van der Waals surface area contributed by atoms with E-state index in [9.17, 15) is 9.90 Å². The number of thiazole rings is 1. The summed E-state index contributed by atoms with van der Waals surface area (Å²) < 4.78 is 6.45. The number of nitrogens with one attached hydrogen (secondary N) is 1. The van der Waals surface area contributed by atoms with E-state index in [1.807, 2.05) is 6.92 Å². The number of piperidine rings is 1. The lowest BCUT2D eigenvalue weighted by molar-refractivity contribution is -0.930. The van der Waals surface area contributed by atoms with E-state index in [-0.39, 0.29) is 23.8 Å². The van der Waals surface area contributed by atoms with Crippen molar-refractivity contribution in [3.63, 3.8) is 0 Å². The van der Waals surface area contributed by atoms with Crippen molar-refractivity contribution in [1.82, 2.24) is 14.6 Å². The van der Waals surface area contributed by atoms with Crippen molar-refractivity contribution in [2.24, 2.45) is 5.92 Å². The number of aromatic nitrogens is 3. The van der Waals surface area contributed by atoms with E-state index in [0.29, 0.717) is 10.8 Å². The minimum Gasteiger partial charge on any atom is -0.492 e. The lowest BCUT2D eigenvalue weighted by Crippen LogP contribution is -3.13. The lowest BCUT2D eigenvalue weighted by atomic mass is 9.95. The molecular formula is C18H23N4O3S2+. The van der Waals surface area contributed by atoms with Crippen LogP contribution in [0.5, 0.6) is 5.88 Å². The van der Waals surface area contributed by atoms with Gasteiger partial charge in [-0.1, -0.05) is 11.3 Å². The van der Waals surface area contributed by atoms with Gasteiger partial charge in [-0.15, -0.1) is 16.4 Å². The van der Waals surface area contributed by atoms with E-state index in [0.717, 1.165) is 30.8 Å². The van der Waals surface area contributed by atoms with Crippen molar-refractivity contribution in [3.05, 3.63) is 32.6 Å². The number of hydrogen-bond acceptors (Lipinski definition) is 7. The zero-order valence-corrected chi connectivity index (χ0v) is 17.2. The predicted molar refractivity (Wildman–Crippen MR) is 104 cm³/mol. The molecule has 27 heavy (non-hydrogen) atoms. The zero-order chi connectivity index (χ0) is 19.1. The molecule has 0 aliphatic carbocycles. The summed E-state index contributed by atoms with van der Waals surface area (Å²) in [5, 5.41) is 17.3. The van der Waals surface area contributed by atoms with E-state index in [4.69, 9.17) is 4.74 Å². The van der Waals surface area contributed by atoms with E-state index in [2.05, 4.69) is 28.5 Å². The molecule has 4 rings (SSSR count).